The van der Waals surface area contributed by atoms with Gasteiger partial charge in [0.1, 0.15) is 0 Å². The number of fused-ring (bicyclic) bond motifs is 8. The molecule has 9 aromatic carbocycles. The normalized spacial score (nSPS) is 13.3. The Balaban J connectivity index is 0.906. The van der Waals surface area contributed by atoms with Crippen molar-refractivity contribution >= 4 is 50.9 Å². The van der Waals surface area contributed by atoms with Crippen LogP contribution in [0, 0.1) is 0 Å². The van der Waals surface area contributed by atoms with Gasteiger partial charge in [0.15, 0.2) is 11.6 Å². The third-order valence-corrected chi connectivity index (χ3v) is 14.6. The van der Waals surface area contributed by atoms with Gasteiger partial charge in [0.25, 0.3) is 0 Å². The van der Waals surface area contributed by atoms with E-state index < -0.39 is 0 Å². The van der Waals surface area contributed by atoms with E-state index >= 15 is 0 Å². The number of rotatable bonds is 6. The second-order valence-corrected chi connectivity index (χ2v) is 18.8. The zero-order valence-corrected chi connectivity index (χ0v) is 37.2. The van der Waals surface area contributed by atoms with Gasteiger partial charge in [-0.3, -0.25) is 4.90 Å². The third-order valence-electron chi connectivity index (χ3n) is 13.4. The number of nitrogens with zero attached hydrogens (tertiary/aromatic N) is 5. The molecular weight excluding hydrogens is 823 g/mol. The summed E-state index contributed by atoms with van der Waals surface area (Å²) in [6, 6.07) is 76.2. The van der Waals surface area contributed by atoms with Crippen LogP contribution in [0.3, 0.4) is 0 Å². The summed E-state index contributed by atoms with van der Waals surface area (Å²) in [5, 5.41) is 2.49. The number of para-hydroxylation sites is 2. The van der Waals surface area contributed by atoms with Crippen molar-refractivity contribution in [1.29, 1.82) is 0 Å². The second-order valence-electron chi connectivity index (χ2n) is 17.7. The van der Waals surface area contributed by atoms with Crippen molar-refractivity contribution in [2.75, 3.05) is 4.90 Å². The molecule has 5 nitrogen and oxygen atoms in total. The molecule has 13 rings (SSSR count). The van der Waals surface area contributed by atoms with Crippen LogP contribution in [-0.4, -0.2) is 19.5 Å². The lowest BCUT2D eigenvalue weighted by molar-refractivity contribution is 0.660. The molecule has 0 fully saturated rings. The maximum atomic E-state index is 5.16. The highest BCUT2D eigenvalue weighted by atomic mass is 32.2. The van der Waals surface area contributed by atoms with E-state index in [9.17, 15) is 0 Å². The van der Waals surface area contributed by atoms with E-state index in [2.05, 4.69) is 175 Å². The highest BCUT2D eigenvalue weighted by Gasteiger charge is 2.35. The highest BCUT2D eigenvalue weighted by molar-refractivity contribution is 7.99. The molecular formula is C60H41N5S. The summed E-state index contributed by atoms with van der Waals surface area (Å²) < 4.78 is 2.45. The molecule has 3 heterocycles. The lowest BCUT2D eigenvalue weighted by Gasteiger charge is -2.31. The van der Waals surface area contributed by atoms with E-state index in [0.29, 0.717) is 17.6 Å². The lowest BCUT2D eigenvalue weighted by atomic mass is 9.82. The Kier molecular flexibility index (Phi) is 8.74. The molecule has 0 saturated carbocycles. The van der Waals surface area contributed by atoms with Gasteiger partial charge in [0.2, 0.25) is 5.95 Å². The molecule has 0 saturated heterocycles. The predicted octanol–water partition coefficient (Wildman–Crippen LogP) is 15.9. The van der Waals surface area contributed by atoms with Crippen LogP contribution in [0.2, 0.25) is 0 Å². The van der Waals surface area contributed by atoms with Gasteiger partial charge in [0, 0.05) is 42.8 Å². The van der Waals surface area contributed by atoms with Crippen molar-refractivity contribution in [3.05, 3.63) is 223 Å². The number of aromatic nitrogens is 4. The average molecular weight is 864 g/mol. The molecule has 11 aromatic rings. The standard InChI is InChI=1S/C60H41N5S/c1-60(2)49-24-11-9-22-45(49)48-37-44(30-32-50(48)60)64-51-25-12-10-23-46(51)47-31-28-42(35-54(47)64)40-20-15-21-41(34-40)43-29-33-53-56(36-43)66-55-27-14-13-26-52(55)65(53)59-62-57(38-16-5-3-6-17-38)61-58(63-59)39-18-7-4-8-19-39/h3-37H,1-2H3. The first-order chi connectivity index (χ1) is 32.5. The molecule has 6 heteroatoms. The van der Waals surface area contributed by atoms with Crippen LogP contribution in [0.25, 0.3) is 83.6 Å². The van der Waals surface area contributed by atoms with Crippen LogP contribution >= 0.6 is 11.8 Å². The van der Waals surface area contributed by atoms with Gasteiger partial charge in [0.05, 0.1) is 22.4 Å². The van der Waals surface area contributed by atoms with Gasteiger partial charge >= 0.3 is 0 Å². The van der Waals surface area contributed by atoms with Gasteiger partial charge < -0.3 is 4.57 Å². The maximum absolute atomic E-state index is 5.16. The number of hydrogen-bond acceptors (Lipinski definition) is 5. The number of anilines is 3. The van der Waals surface area contributed by atoms with Gasteiger partial charge in [-0.05, 0) is 99.1 Å². The summed E-state index contributed by atoms with van der Waals surface area (Å²) in [5.41, 5.74) is 17.5. The predicted molar refractivity (Wildman–Crippen MR) is 272 cm³/mol. The van der Waals surface area contributed by atoms with Crippen LogP contribution < -0.4 is 4.90 Å². The Bertz CT molecular complexity index is 3670. The summed E-state index contributed by atoms with van der Waals surface area (Å²) in [4.78, 5) is 19.8. The molecule has 0 spiro atoms. The van der Waals surface area contributed by atoms with Crippen LogP contribution in [0.4, 0.5) is 17.3 Å². The number of benzene rings is 9. The molecule has 0 atom stereocenters. The van der Waals surface area contributed by atoms with Crippen molar-refractivity contribution in [2.45, 2.75) is 29.1 Å². The molecule has 0 bridgehead atoms. The minimum atomic E-state index is -0.0444. The highest BCUT2D eigenvalue weighted by Crippen LogP contribution is 2.53. The SMILES string of the molecule is CC1(C)c2ccccc2-c2cc(-n3c4ccccc4c4ccc(-c5cccc(-c6ccc7c(c6)Sc6ccccc6N7c6nc(-c7ccccc7)nc(-c7ccccc7)n6)c5)cc43)ccc21. The molecule has 66 heavy (non-hydrogen) atoms. The molecule has 0 radical (unpaired) electrons. The van der Waals surface area contributed by atoms with E-state index in [4.69, 9.17) is 15.0 Å². The molecule has 1 aliphatic heterocycles. The Labute approximate surface area is 387 Å². The lowest BCUT2D eigenvalue weighted by Crippen LogP contribution is -2.18. The van der Waals surface area contributed by atoms with Gasteiger partial charge in [-0.2, -0.15) is 9.97 Å². The molecule has 0 N–H and O–H groups in total. The summed E-state index contributed by atoms with van der Waals surface area (Å²) in [6.07, 6.45) is 0. The maximum Gasteiger partial charge on any atom is 0.238 e. The molecule has 0 unspecified atom stereocenters. The van der Waals surface area contributed by atoms with E-state index in [1.807, 2.05) is 60.7 Å². The zero-order valence-electron chi connectivity index (χ0n) is 36.4. The zero-order chi connectivity index (χ0) is 43.9. The van der Waals surface area contributed by atoms with Gasteiger partial charge in [-0.1, -0.05) is 183 Å². The van der Waals surface area contributed by atoms with Crippen molar-refractivity contribution < 1.29 is 0 Å². The summed E-state index contributed by atoms with van der Waals surface area (Å²) in [7, 11) is 0. The topological polar surface area (TPSA) is 46.8 Å². The first kappa shape index (κ1) is 38.4. The molecule has 0 amide bonds. The van der Waals surface area contributed by atoms with E-state index in [1.165, 1.54) is 60.9 Å². The number of hydrogen-bond donors (Lipinski definition) is 0. The molecule has 312 valence electrons. The molecule has 2 aliphatic rings. The Morgan fingerprint density at radius 3 is 1.77 bits per heavy atom. The fraction of sp³-hybridized carbons (Fsp3) is 0.0500. The summed E-state index contributed by atoms with van der Waals surface area (Å²) >= 11 is 1.78. The average Bonchev–Trinajstić information content (AvgIpc) is 3.83. The van der Waals surface area contributed by atoms with Gasteiger partial charge in [-0.25, -0.2) is 4.98 Å². The van der Waals surface area contributed by atoms with Crippen LogP contribution in [0.15, 0.2) is 222 Å². The van der Waals surface area contributed by atoms with Crippen LogP contribution in [0.5, 0.6) is 0 Å². The Morgan fingerprint density at radius 1 is 0.394 bits per heavy atom. The van der Waals surface area contributed by atoms with Crippen molar-refractivity contribution in [1.82, 2.24) is 19.5 Å². The van der Waals surface area contributed by atoms with E-state index in [-0.39, 0.29) is 5.41 Å². The van der Waals surface area contributed by atoms with E-state index in [0.717, 1.165) is 43.4 Å². The minimum Gasteiger partial charge on any atom is -0.309 e. The van der Waals surface area contributed by atoms with Crippen LogP contribution in [0.1, 0.15) is 25.0 Å². The van der Waals surface area contributed by atoms with Crippen molar-refractivity contribution in [2.24, 2.45) is 0 Å². The van der Waals surface area contributed by atoms with Gasteiger partial charge in [-0.15, -0.1) is 0 Å². The smallest absolute Gasteiger partial charge is 0.238 e. The minimum absolute atomic E-state index is 0.0444. The second kappa shape index (κ2) is 15.0. The fourth-order valence-corrected chi connectivity index (χ4v) is 11.3. The Morgan fingerprint density at radius 2 is 0.985 bits per heavy atom. The quantitative estimate of drug-likeness (QED) is 0.167. The van der Waals surface area contributed by atoms with Crippen molar-refractivity contribution in [3.63, 3.8) is 0 Å². The first-order valence-corrected chi connectivity index (χ1v) is 23.2. The summed E-state index contributed by atoms with van der Waals surface area (Å²) in [6.45, 7) is 4.69. The van der Waals surface area contributed by atoms with E-state index in [1.54, 1.807) is 11.8 Å². The molecule has 1 aliphatic carbocycles. The fourth-order valence-electron chi connectivity index (χ4n) is 10.2. The Hall–Kier alpha value is -8.06. The summed E-state index contributed by atoms with van der Waals surface area (Å²) in [5.74, 6) is 1.84. The monoisotopic (exact) mass is 863 g/mol. The molecule has 2 aromatic heterocycles. The third kappa shape index (κ3) is 6.13. The van der Waals surface area contributed by atoms with Crippen LogP contribution in [-0.2, 0) is 5.41 Å². The first-order valence-electron chi connectivity index (χ1n) is 22.4. The largest absolute Gasteiger partial charge is 0.309 e. The van der Waals surface area contributed by atoms with Crippen molar-refractivity contribution in [3.8, 4) is 61.8 Å².